The number of hydrogen-bond donors (Lipinski definition) is 0. The smallest absolute Gasteiger partial charge is 0.0162 e. The van der Waals surface area contributed by atoms with E-state index in [-0.39, 0.29) is 0 Å². The molecule has 1 saturated carbocycles. The topological polar surface area (TPSA) is 0 Å². The molecule has 0 heteroatoms. The number of benzene rings is 2. The van der Waals surface area contributed by atoms with Crippen molar-refractivity contribution < 1.29 is 0 Å². The third-order valence-corrected chi connectivity index (χ3v) is 5.86. The van der Waals surface area contributed by atoms with E-state index in [4.69, 9.17) is 0 Å². The summed E-state index contributed by atoms with van der Waals surface area (Å²) in [5.41, 5.74) is 3.00. The van der Waals surface area contributed by atoms with Crippen LogP contribution in [0.2, 0.25) is 0 Å². The van der Waals surface area contributed by atoms with Gasteiger partial charge in [-0.1, -0.05) is 54.6 Å². The predicted molar refractivity (Wildman–Crippen MR) is 111 cm³/mol. The lowest BCUT2D eigenvalue weighted by Gasteiger charge is -2.28. The minimum Gasteiger partial charge on any atom is -0.103 e. The molecule has 1 aliphatic carbocycles. The van der Waals surface area contributed by atoms with Crippen molar-refractivity contribution in [2.24, 2.45) is 5.92 Å². The van der Waals surface area contributed by atoms with Crippen molar-refractivity contribution in [2.45, 2.75) is 64.2 Å². The molecule has 2 aromatic rings. The van der Waals surface area contributed by atoms with Crippen LogP contribution in [0.5, 0.6) is 0 Å². The van der Waals surface area contributed by atoms with Gasteiger partial charge >= 0.3 is 0 Å². The molecule has 0 heterocycles. The summed E-state index contributed by atoms with van der Waals surface area (Å²) in [7, 11) is 0. The van der Waals surface area contributed by atoms with Crippen LogP contribution in [0.25, 0.3) is 10.8 Å². The van der Waals surface area contributed by atoms with Crippen LogP contribution in [-0.4, -0.2) is 0 Å². The maximum Gasteiger partial charge on any atom is -0.0162 e. The Labute approximate surface area is 153 Å². The van der Waals surface area contributed by atoms with E-state index in [2.05, 4.69) is 68.1 Å². The quantitative estimate of drug-likeness (QED) is 0.458. The van der Waals surface area contributed by atoms with Gasteiger partial charge < -0.3 is 0 Å². The molecule has 1 aliphatic rings. The van der Waals surface area contributed by atoms with Crippen LogP contribution in [0.1, 0.15) is 68.9 Å². The van der Waals surface area contributed by atoms with Gasteiger partial charge in [0.25, 0.3) is 0 Å². The van der Waals surface area contributed by atoms with Crippen molar-refractivity contribution in [3.63, 3.8) is 0 Å². The SMILES string of the molecule is C=CCCC1CCC(c2ccc3cc(CC/C=C/C)ccc3c2)CC1. The second-order valence-electron chi connectivity index (χ2n) is 7.63. The molecule has 0 saturated heterocycles. The first kappa shape index (κ1) is 18.0. The molecule has 3 rings (SSSR count). The molecule has 0 unspecified atom stereocenters. The zero-order valence-electron chi connectivity index (χ0n) is 15.7. The molecule has 132 valence electrons. The number of aryl methyl sites for hydroxylation is 1. The first-order valence-corrected chi connectivity index (χ1v) is 10.0. The normalized spacial score (nSPS) is 21.0. The summed E-state index contributed by atoms with van der Waals surface area (Å²) in [6.07, 6.45) is 16.7. The summed E-state index contributed by atoms with van der Waals surface area (Å²) in [6, 6.07) is 14.2. The van der Waals surface area contributed by atoms with Crippen LogP contribution >= 0.6 is 0 Å². The fraction of sp³-hybridized carbons (Fsp3) is 0.440. The van der Waals surface area contributed by atoms with E-state index in [1.807, 2.05) is 0 Å². The van der Waals surface area contributed by atoms with Crippen LogP contribution in [-0.2, 0) is 6.42 Å². The fourth-order valence-corrected chi connectivity index (χ4v) is 4.28. The maximum atomic E-state index is 3.86. The van der Waals surface area contributed by atoms with Gasteiger partial charge in [0, 0.05) is 0 Å². The van der Waals surface area contributed by atoms with Crippen molar-refractivity contribution in [3.8, 4) is 0 Å². The van der Waals surface area contributed by atoms with Crippen LogP contribution in [0.4, 0.5) is 0 Å². The number of allylic oxidation sites excluding steroid dienone is 3. The van der Waals surface area contributed by atoms with Gasteiger partial charge in [-0.25, -0.2) is 0 Å². The molecule has 2 aromatic carbocycles. The van der Waals surface area contributed by atoms with Crippen molar-refractivity contribution in [1.29, 1.82) is 0 Å². The first-order chi connectivity index (χ1) is 12.3. The summed E-state index contributed by atoms with van der Waals surface area (Å²) < 4.78 is 0. The lowest BCUT2D eigenvalue weighted by atomic mass is 9.77. The Morgan fingerprint density at radius 3 is 2.48 bits per heavy atom. The molecule has 0 nitrogen and oxygen atoms in total. The maximum absolute atomic E-state index is 3.86. The molecule has 0 bridgehead atoms. The Hall–Kier alpha value is -1.82. The molecule has 0 aliphatic heterocycles. The van der Waals surface area contributed by atoms with E-state index in [0.29, 0.717) is 0 Å². The van der Waals surface area contributed by atoms with E-state index < -0.39 is 0 Å². The summed E-state index contributed by atoms with van der Waals surface area (Å²) in [5, 5.41) is 2.79. The van der Waals surface area contributed by atoms with E-state index >= 15 is 0 Å². The van der Waals surface area contributed by atoms with Crippen LogP contribution in [0.3, 0.4) is 0 Å². The first-order valence-electron chi connectivity index (χ1n) is 10.0. The fourth-order valence-electron chi connectivity index (χ4n) is 4.28. The van der Waals surface area contributed by atoms with E-state index in [0.717, 1.165) is 24.7 Å². The summed E-state index contributed by atoms with van der Waals surface area (Å²) >= 11 is 0. The average Bonchev–Trinajstić information content (AvgIpc) is 2.66. The third kappa shape index (κ3) is 4.84. The lowest BCUT2D eigenvalue weighted by Crippen LogP contribution is -2.13. The minimum absolute atomic E-state index is 0.763. The molecule has 25 heavy (non-hydrogen) atoms. The Morgan fingerprint density at radius 2 is 1.72 bits per heavy atom. The summed E-state index contributed by atoms with van der Waals surface area (Å²) in [5.74, 6) is 1.69. The molecular formula is C25H32. The van der Waals surface area contributed by atoms with Crippen molar-refractivity contribution >= 4 is 10.8 Å². The van der Waals surface area contributed by atoms with Gasteiger partial charge in [-0.2, -0.15) is 0 Å². The lowest BCUT2D eigenvalue weighted by molar-refractivity contribution is 0.312. The van der Waals surface area contributed by atoms with Gasteiger partial charge in [0.15, 0.2) is 0 Å². The highest BCUT2D eigenvalue weighted by Gasteiger charge is 2.21. The highest BCUT2D eigenvalue weighted by atomic mass is 14.3. The molecule has 0 amide bonds. The van der Waals surface area contributed by atoms with Gasteiger partial charge in [0.05, 0.1) is 0 Å². The Morgan fingerprint density at radius 1 is 0.960 bits per heavy atom. The number of rotatable bonds is 7. The molecule has 0 radical (unpaired) electrons. The van der Waals surface area contributed by atoms with Gasteiger partial charge in [-0.3, -0.25) is 0 Å². The largest absolute Gasteiger partial charge is 0.103 e. The minimum atomic E-state index is 0.763. The Bertz CT molecular complexity index is 714. The van der Waals surface area contributed by atoms with Gasteiger partial charge in [0.2, 0.25) is 0 Å². The predicted octanol–water partition coefficient (Wildman–Crippen LogP) is 7.59. The van der Waals surface area contributed by atoms with Gasteiger partial charge in [-0.05, 0) is 92.0 Å². The van der Waals surface area contributed by atoms with Crippen molar-refractivity contribution in [2.75, 3.05) is 0 Å². The molecule has 0 aromatic heterocycles. The standard InChI is InChI=1S/C25H32/c1-3-5-7-9-21-12-15-25-19-24(17-16-23(25)18-21)22-13-10-20(11-14-22)8-6-4-2/h3-5,12,15-20,22H,2,6-11,13-14H2,1H3/b5-3+. The van der Waals surface area contributed by atoms with Crippen LogP contribution in [0.15, 0.2) is 61.2 Å². The Kier molecular flexibility index (Phi) is 6.50. The Balaban J connectivity index is 1.65. The molecular weight excluding hydrogens is 300 g/mol. The van der Waals surface area contributed by atoms with Crippen molar-refractivity contribution in [1.82, 2.24) is 0 Å². The third-order valence-electron chi connectivity index (χ3n) is 5.86. The van der Waals surface area contributed by atoms with Crippen molar-refractivity contribution in [3.05, 3.63) is 72.3 Å². The van der Waals surface area contributed by atoms with Gasteiger partial charge in [-0.15, -0.1) is 6.58 Å². The van der Waals surface area contributed by atoms with Crippen LogP contribution in [0, 0.1) is 5.92 Å². The zero-order valence-corrected chi connectivity index (χ0v) is 15.7. The summed E-state index contributed by atoms with van der Waals surface area (Å²) in [4.78, 5) is 0. The second kappa shape index (κ2) is 9.04. The van der Waals surface area contributed by atoms with Crippen LogP contribution < -0.4 is 0 Å². The highest BCUT2D eigenvalue weighted by molar-refractivity contribution is 5.84. The molecule has 0 atom stereocenters. The van der Waals surface area contributed by atoms with E-state index in [9.17, 15) is 0 Å². The number of hydrogen-bond acceptors (Lipinski definition) is 0. The summed E-state index contributed by atoms with van der Waals surface area (Å²) in [6.45, 7) is 5.95. The van der Waals surface area contributed by atoms with E-state index in [1.165, 1.54) is 54.9 Å². The average molecular weight is 333 g/mol. The zero-order chi connectivity index (χ0) is 17.5. The van der Waals surface area contributed by atoms with E-state index in [1.54, 1.807) is 5.56 Å². The molecule has 0 N–H and O–H groups in total. The molecule has 0 spiro atoms. The second-order valence-corrected chi connectivity index (χ2v) is 7.63. The molecule has 1 fully saturated rings. The van der Waals surface area contributed by atoms with Gasteiger partial charge in [0.1, 0.15) is 0 Å². The number of fused-ring (bicyclic) bond motifs is 1. The highest BCUT2D eigenvalue weighted by Crippen LogP contribution is 2.38. The monoisotopic (exact) mass is 332 g/mol.